The van der Waals surface area contributed by atoms with Gasteiger partial charge in [-0.2, -0.15) is 0 Å². The highest BCUT2D eigenvalue weighted by molar-refractivity contribution is 5.91. The summed E-state index contributed by atoms with van der Waals surface area (Å²) >= 11 is 0. The second-order valence-corrected chi connectivity index (χ2v) is 4.65. The van der Waals surface area contributed by atoms with E-state index in [-0.39, 0.29) is 0 Å². The van der Waals surface area contributed by atoms with Gasteiger partial charge in [-0.1, -0.05) is 6.58 Å². The molecule has 1 N–H and O–H groups in total. The molecule has 5 heteroatoms. The number of hydrogen-bond donors (Lipinski definition) is 1. The fourth-order valence-corrected chi connectivity index (χ4v) is 1.33. The van der Waals surface area contributed by atoms with Gasteiger partial charge >= 0.3 is 5.97 Å². The number of ether oxygens (including phenoxy) is 2. The fraction of sp³-hybridized carbons (Fsp3) is 0.667. The van der Waals surface area contributed by atoms with Crippen LogP contribution in [-0.4, -0.2) is 36.7 Å². The average molecular weight is 243 g/mol. The van der Waals surface area contributed by atoms with Gasteiger partial charge in [-0.05, 0) is 33.8 Å². The van der Waals surface area contributed by atoms with Crippen LogP contribution in [0.15, 0.2) is 12.7 Å². The summed E-state index contributed by atoms with van der Waals surface area (Å²) in [7, 11) is 1.26. The van der Waals surface area contributed by atoms with Gasteiger partial charge in [0.05, 0.1) is 18.8 Å². The lowest BCUT2D eigenvalue weighted by atomic mass is 10.1. The minimum Gasteiger partial charge on any atom is -0.467 e. The first-order valence-electron chi connectivity index (χ1n) is 5.40. The summed E-state index contributed by atoms with van der Waals surface area (Å²) in [5.74, 6) is -0.985. The molecule has 0 saturated heterocycles. The van der Waals surface area contributed by atoms with Crippen LogP contribution in [0.3, 0.4) is 0 Å². The zero-order chi connectivity index (χ0) is 13.6. The molecule has 1 amide bonds. The van der Waals surface area contributed by atoms with Crippen LogP contribution < -0.4 is 5.32 Å². The highest BCUT2D eigenvalue weighted by Crippen LogP contribution is 2.13. The molecule has 0 heterocycles. The van der Waals surface area contributed by atoms with Gasteiger partial charge in [0.1, 0.15) is 0 Å². The Balaban J connectivity index is 4.73. The Hall–Kier alpha value is -1.36. The van der Waals surface area contributed by atoms with E-state index in [1.165, 1.54) is 7.11 Å². The van der Waals surface area contributed by atoms with Crippen LogP contribution in [0.25, 0.3) is 0 Å². The van der Waals surface area contributed by atoms with Crippen LogP contribution in [0, 0.1) is 0 Å². The molecule has 0 fully saturated rings. The van der Waals surface area contributed by atoms with Crippen molar-refractivity contribution in [3.63, 3.8) is 0 Å². The molecule has 0 radical (unpaired) electrons. The minimum absolute atomic E-state index is 0.412. The van der Waals surface area contributed by atoms with Crippen LogP contribution >= 0.6 is 0 Å². The number of esters is 1. The number of carbonyl (C=O) groups excluding carboxylic acids is 2. The summed E-state index contributed by atoms with van der Waals surface area (Å²) in [5, 5.41) is 2.48. The number of methoxy groups -OCH3 is 1. The summed E-state index contributed by atoms with van der Waals surface area (Å²) in [4.78, 5) is 22.8. The highest BCUT2D eigenvalue weighted by atomic mass is 16.5. The molecule has 0 aromatic carbocycles. The van der Waals surface area contributed by atoms with Crippen molar-refractivity contribution in [3.8, 4) is 0 Å². The number of hydrogen-bond acceptors (Lipinski definition) is 4. The minimum atomic E-state index is -0.843. The van der Waals surface area contributed by atoms with E-state index in [1.54, 1.807) is 6.92 Å². The Morgan fingerprint density at radius 1 is 1.35 bits per heavy atom. The molecule has 0 saturated carbocycles. The average Bonchev–Trinajstić information content (AvgIpc) is 2.21. The molecule has 2 atom stereocenters. The van der Waals surface area contributed by atoms with E-state index < -0.39 is 29.6 Å². The van der Waals surface area contributed by atoms with Crippen molar-refractivity contribution >= 4 is 11.9 Å². The van der Waals surface area contributed by atoms with Gasteiger partial charge in [0.2, 0.25) is 5.91 Å². The van der Waals surface area contributed by atoms with Crippen molar-refractivity contribution in [1.82, 2.24) is 5.32 Å². The van der Waals surface area contributed by atoms with E-state index in [0.29, 0.717) is 0 Å². The van der Waals surface area contributed by atoms with E-state index in [0.717, 1.165) is 6.08 Å². The van der Waals surface area contributed by atoms with Crippen molar-refractivity contribution in [2.45, 2.75) is 45.4 Å². The quantitative estimate of drug-likeness (QED) is 0.578. The molecule has 0 aliphatic carbocycles. The number of amides is 1. The molecule has 0 aromatic rings. The molecule has 0 aliphatic rings. The molecule has 5 nitrogen and oxygen atoms in total. The molecular weight excluding hydrogens is 222 g/mol. The standard InChI is InChI=1S/C12H21NO4/c1-7-9(14)13-10(11(15)16-6)8(2)17-12(3,4)5/h7-8,10H,1H2,2-6H3,(H,13,14)/t8-,10+/m1/s1. The number of rotatable bonds is 5. The fourth-order valence-electron chi connectivity index (χ4n) is 1.33. The first-order valence-corrected chi connectivity index (χ1v) is 5.40. The molecule has 0 bridgehead atoms. The van der Waals surface area contributed by atoms with Gasteiger partial charge in [0.15, 0.2) is 6.04 Å². The Morgan fingerprint density at radius 3 is 2.24 bits per heavy atom. The summed E-state index contributed by atoms with van der Waals surface area (Å²) in [6, 6.07) is -0.843. The second kappa shape index (κ2) is 6.39. The third-order valence-electron chi connectivity index (χ3n) is 1.95. The van der Waals surface area contributed by atoms with E-state index >= 15 is 0 Å². The predicted molar refractivity (Wildman–Crippen MR) is 64.4 cm³/mol. The first-order chi connectivity index (χ1) is 7.71. The van der Waals surface area contributed by atoms with Gasteiger partial charge in [-0.15, -0.1) is 0 Å². The number of carbonyl (C=O) groups is 2. The maximum absolute atomic E-state index is 11.5. The second-order valence-electron chi connectivity index (χ2n) is 4.65. The SMILES string of the molecule is C=CC(=O)N[C@H](C(=O)OC)[C@@H](C)OC(C)(C)C. The largest absolute Gasteiger partial charge is 0.467 e. The van der Waals surface area contributed by atoms with Gasteiger partial charge in [-0.3, -0.25) is 4.79 Å². The summed E-state index contributed by atoms with van der Waals surface area (Å²) in [5.41, 5.74) is -0.412. The molecule has 0 aromatic heterocycles. The van der Waals surface area contributed by atoms with E-state index in [4.69, 9.17) is 4.74 Å². The Bertz CT molecular complexity index is 293. The van der Waals surface area contributed by atoms with E-state index in [1.807, 2.05) is 20.8 Å². The maximum Gasteiger partial charge on any atom is 0.331 e. The van der Waals surface area contributed by atoms with Crippen LogP contribution in [0.2, 0.25) is 0 Å². The lowest BCUT2D eigenvalue weighted by Gasteiger charge is -2.29. The van der Waals surface area contributed by atoms with Gasteiger partial charge in [0.25, 0.3) is 0 Å². The normalized spacial score (nSPS) is 14.6. The van der Waals surface area contributed by atoms with Crippen molar-refractivity contribution in [2.75, 3.05) is 7.11 Å². The molecule has 0 unspecified atom stereocenters. The Labute approximate surface area is 102 Å². The molecule has 0 spiro atoms. The zero-order valence-electron chi connectivity index (χ0n) is 11.1. The topological polar surface area (TPSA) is 64.6 Å². The zero-order valence-corrected chi connectivity index (χ0v) is 11.1. The van der Waals surface area contributed by atoms with Crippen molar-refractivity contribution < 1.29 is 19.1 Å². The lowest BCUT2D eigenvalue weighted by molar-refractivity contribution is -0.152. The third-order valence-corrected chi connectivity index (χ3v) is 1.95. The number of nitrogens with one attached hydrogen (secondary N) is 1. The van der Waals surface area contributed by atoms with Crippen molar-refractivity contribution in [3.05, 3.63) is 12.7 Å². The van der Waals surface area contributed by atoms with E-state index in [9.17, 15) is 9.59 Å². The van der Waals surface area contributed by atoms with Crippen LogP contribution in [0.4, 0.5) is 0 Å². The lowest BCUT2D eigenvalue weighted by Crippen LogP contribution is -2.50. The summed E-state index contributed by atoms with van der Waals surface area (Å²) in [6.45, 7) is 10.6. The van der Waals surface area contributed by atoms with E-state index in [2.05, 4.69) is 16.6 Å². The molecule has 0 rings (SSSR count). The Kier molecular flexibility index (Phi) is 5.88. The Morgan fingerprint density at radius 2 is 1.88 bits per heavy atom. The van der Waals surface area contributed by atoms with Crippen LogP contribution in [0.5, 0.6) is 0 Å². The molecular formula is C12H21NO4. The maximum atomic E-state index is 11.5. The third kappa shape index (κ3) is 6.06. The van der Waals surface area contributed by atoms with Crippen LogP contribution in [-0.2, 0) is 19.1 Å². The monoisotopic (exact) mass is 243 g/mol. The molecule has 17 heavy (non-hydrogen) atoms. The van der Waals surface area contributed by atoms with Crippen molar-refractivity contribution in [1.29, 1.82) is 0 Å². The van der Waals surface area contributed by atoms with Crippen molar-refractivity contribution in [2.24, 2.45) is 0 Å². The first kappa shape index (κ1) is 15.6. The molecule has 98 valence electrons. The molecule has 0 aliphatic heterocycles. The van der Waals surface area contributed by atoms with Crippen LogP contribution in [0.1, 0.15) is 27.7 Å². The highest BCUT2D eigenvalue weighted by Gasteiger charge is 2.30. The van der Waals surface area contributed by atoms with Gasteiger partial charge in [0, 0.05) is 0 Å². The smallest absolute Gasteiger partial charge is 0.331 e. The summed E-state index contributed by atoms with van der Waals surface area (Å²) in [6.07, 6.45) is 0.603. The van der Waals surface area contributed by atoms with Gasteiger partial charge < -0.3 is 14.8 Å². The summed E-state index contributed by atoms with van der Waals surface area (Å²) < 4.78 is 10.2. The van der Waals surface area contributed by atoms with Gasteiger partial charge in [-0.25, -0.2) is 4.79 Å². The predicted octanol–water partition coefficient (Wildman–Crippen LogP) is 1.03.